The summed E-state index contributed by atoms with van der Waals surface area (Å²) in [5.41, 5.74) is 6.22. The van der Waals surface area contributed by atoms with Crippen molar-refractivity contribution in [2.75, 3.05) is 5.32 Å². The Morgan fingerprint density at radius 1 is 1.52 bits per heavy atom. The number of fused-ring (bicyclic) bond motifs is 1. The van der Waals surface area contributed by atoms with Crippen molar-refractivity contribution < 1.29 is 19.4 Å². The molecule has 114 valence electrons. The molecule has 2 rings (SSSR count). The number of hydrogen-bond donors (Lipinski definition) is 3. The standard InChI is InChI=1S/C15H20N2O4/c1-9(8-15(2,16)14(19)20)21-11-4-5-12-10(7-11)3-6-13(18)17-12/h4-5,7,9H,3,6,8,16H2,1-2H3,(H,17,18)(H,19,20). The van der Waals surface area contributed by atoms with E-state index in [1.165, 1.54) is 6.92 Å². The zero-order valence-corrected chi connectivity index (χ0v) is 12.2. The van der Waals surface area contributed by atoms with Crippen LogP contribution in [0.25, 0.3) is 0 Å². The molecule has 0 aromatic heterocycles. The molecule has 0 aliphatic carbocycles. The molecule has 0 radical (unpaired) electrons. The molecule has 2 unspecified atom stereocenters. The van der Waals surface area contributed by atoms with Crippen molar-refractivity contribution in [1.29, 1.82) is 0 Å². The second kappa shape index (κ2) is 5.73. The van der Waals surface area contributed by atoms with Crippen LogP contribution in [0.1, 0.15) is 32.3 Å². The number of aliphatic carboxylic acids is 1. The predicted molar refractivity (Wildman–Crippen MR) is 78.3 cm³/mol. The van der Waals surface area contributed by atoms with Crippen LogP contribution >= 0.6 is 0 Å². The number of ether oxygens (including phenoxy) is 1. The van der Waals surface area contributed by atoms with E-state index in [0.29, 0.717) is 18.6 Å². The van der Waals surface area contributed by atoms with Gasteiger partial charge in [0.15, 0.2) is 0 Å². The van der Waals surface area contributed by atoms with Gasteiger partial charge in [0, 0.05) is 18.5 Å². The summed E-state index contributed by atoms with van der Waals surface area (Å²) in [6.07, 6.45) is 1.02. The molecule has 0 fully saturated rings. The minimum Gasteiger partial charge on any atom is -0.491 e. The first kappa shape index (κ1) is 15.3. The molecule has 0 spiro atoms. The summed E-state index contributed by atoms with van der Waals surface area (Å²) in [4.78, 5) is 22.3. The minimum atomic E-state index is -1.32. The van der Waals surface area contributed by atoms with Crippen LogP contribution in [0.3, 0.4) is 0 Å². The number of nitrogens with one attached hydrogen (secondary N) is 1. The van der Waals surface area contributed by atoms with Crippen molar-refractivity contribution >= 4 is 17.6 Å². The van der Waals surface area contributed by atoms with Crippen molar-refractivity contribution in [3.8, 4) is 5.75 Å². The van der Waals surface area contributed by atoms with Gasteiger partial charge in [-0.2, -0.15) is 0 Å². The van der Waals surface area contributed by atoms with E-state index in [-0.39, 0.29) is 18.4 Å². The number of amides is 1. The fourth-order valence-corrected chi connectivity index (χ4v) is 2.39. The molecule has 1 aliphatic heterocycles. The van der Waals surface area contributed by atoms with Crippen molar-refractivity contribution in [2.45, 2.75) is 44.8 Å². The van der Waals surface area contributed by atoms with Crippen LogP contribution in [-0.4, -0.2) is 28.6 Å². The van der Waals surface area contributed by atoms with Gasteiger partial charge in [-0.3, -0.25) is 9.59 Å². The third-order valence-corrected chi connectivity index (χ3v) is 3.51. The van der Waals surface area contributed by atoms with Crippen LogP contribution in [0.15, 0.2) is 18.2 Å². The fraction of sp³-hybridized carbons (Fsp3) is 0.467. The van der Waals surface area contributed by atoms with E-state index in [1.54, 1.807) is 19.1 Å². The van der Waals surface area contributed by atoms with Gasteiger partial charge >= 0.3 is 5.97 Å². The third-order valence-electron chi connectivity index (χ3n) is 3.51. The summed E-state index contributed by atoms with van der Waals surface area (Å²) in [7, 11) is 0. The van der Waals surface area contributed by atoms with Gasteiger partial charge in [0.25, 0.3) is 0 Å². The number of benzene rings is 1. The van der Waals surface area contributed by atoms with Crippen molar-refractivity contribution in [3.63, 3.8) is 0 Å². The van der Waals surface area contributed by atoms with E-state index in [4.69, 9.17) is 15.6 Å². The van der Waals surface area contributed by atoms with E-state index in [0.717, 1.165) is 11.3 Å². The molecule has 21 heavy (non-hydrogen) atoms. The Morgan fingerprint density at radius 3 is 2.90 bits per heavy atom. The molecule has 1 aromatic rings. The molecular formula is C15H20N2O4. The van der Waals surface area contributed by atoms with E-state index in [9.17, 15) is 9.59 Å². The van der Waals surface area contributed by atoms with Gasteiger partial charge in [-0.1, -0.05) is 0 Å². The molecule has 1 amide bonds. The van der Waals surface area contributed by atoms with Crippen LogP contribution in [0.4, 0.5) is 5.69 Å². The number of carbonyl (C=O) groups is 2. The van der Waals surface area contributed by atoms with E-state index in [1.807, 2.05) is 6.07 Å². The van der Waals surface area contributed by atoms with Gasteiger partial charge in [-0.15, -0.1) is 0 Å². The molecule has 6 heteroatoms. The van der Waals surface area contributed by atoms with Gasteiger partial charge in [0.05, 0.1) is 6.10 Å². The average Bonchev–Trinajstić information content (AvgIpc) is 2.38. The molecule has 1 aliphatic rings. The number of anilines is 1. The zero-order chi connectivity index (χ0) is 15.6. The first-order valence-corrected chi connectivity index (χ1v) is 6.89. The first-order chi connectivity index (χ1) is 9.78. The highest BCUT2D eigenvalue weighted by Crippen LogP contribution is 2.28. The maximum absolute atomic E-state index is 11.3. The van der Waals surface area contributed by atoms with Crippen LogP contribution < -0.4 is 15.8 Å². The molecule has 1 heterocycles. The SMILES string of the molecule is CC(CC(C)(N)C(=O)O)Oc1ccc2c(c1)CCC(=O)N2. The Balaban J connectivity index is 2.03. The number of carbonyl (C=O) groups excluding carboxylic acids is 1. The van der Waals surface area contributed by atoms with Crippen LogP contribution in [-0.2, 0) is 16.0 Å². The molecule has 1 aromatic carbocycles. The summed E-state index contributed by atoms with van der Waals surface area (Å²) in [5.74, 6) is -0.380. The number of hydrogen-bond acceptors (Lipinski definition) is 4. The molecular weight excluding hydrogens is 272 g/mol. The largest absolute Gasteiger partial charge is 0.491 e. The van der Waals surface area contributed by atoms with Gasteiger partial charge < -0.3 is 20.9 Å². The Morgan fingerprint density at radius 2 is 2.24 bits per heavy atom. The van der Waals surface area contributed by atoms with Gasteiger partial charge in [0.2, 0.25) is 5.91 Å². The first-order valence-electron chi connectivity index (χ1n) is 6.89. The van der Waals surface area contributed by atoms with Gasteiger partial charge in [-0.05, 0) is 44.0 Å². The lowest BCUT2D eigenvalue weighted by molar-refractivity contribution is -0.143. The second-order valence-corrected chi connectivity index (χ2v) is 5.72. The average molecular weight is 292 g/mol. The Kier molecular flexibility index (Phi) is 4.18. The molecule has 0 bridgehead atoms. The van der Waals surface area contributed by atoms with Crippen LogP contribution in [0.5, 0.6) is 5.75 Å². The number of carboxylic acids is 1. The zero-order valence-electron chi connectivity index (χ0n) is 12.2. The minimum absolute atomic E-state index is 0.0184. The van der Waals surface area contributed by atoms with Crippen LogP contribution in [0, 0.1) is 0 Å². The quantitative estimate of drug-likeness (QED) is 0.764. The maximum Gasteiger partial charge on any atom is 0.323 e. The Bertz CT molecular complexity index is 569. The van der Waals surface area contributed by atoms with Gasteiger partial charge in [0.1, 0.15) is 11.3 Å². The lowest BCUT2D eigenvalue weighted by Gasteiger charge is -2.25. The maximum atomic E-state index is 11.3. The predicted octanol–water partition coefficient (Wildman–Crippen LogP) is 1.53. The normalized spacial score (nSPS) is 18.1. The highest BCUT2D eigenvalue weighted by atomic mass is 16.5. The smallest absolute Gasteiger partial charge is 0.323 e. The lowest BCUT2D eigenvalue weighted by atomic mass is 9.96. The highest BCUT2D eigenvalue weighted by Gasteiger charge is 2.30. The molecule has 0 saturated heterocycles. The van der Waals surface area contributed by atoms with E-state index in [2.05, 4.69) is 5.32 Å². The second-order valence-electron chi connectivity index (χ2n) is 5.72. The Labute approximate surface area is 123 Å². The number of aryl methyl sites for hydroxylation is 1. The van der Waals surface area contributed by atoms with E-state index >= 15 is 0 Å². The fourth-order valence-electron chi connectivity index (χ4n) is 2.39. The molecule has 0 saturated carbocycles. The summed E-state index contributed by atoms with van der Waals surface area (Å²) in [6.45, 7) is 3.26. The number of rotatable bonds is 5. The number of nitrogens with two attached hydrogens (primary N) is 1. The molecule has 2 atom stereocenters. The third kappa shape index (κ3) is 3.72. The van der Waals surface area contributed by atoms with Gasteiger partial charge in [-0.25, -0.2) is 0 Å². The molecule has 4 N–H and O–H groups in total. The summed E-state index contributed by atoms with van der Waals surface area (Å²) < 4.78 is 5.74. The summed E-state index contributed by atoms with van der Waals surface area (Å²) in [6, 6.07) is 5.43. The lowest BCUT2D eigenvalue weighted by Crippen LogP contribution is -2.47. The summed E-state index contributed by atoms with van der Waals surface area (Å²) >= 11 is 0. The van der Waals surface area contributed by atoms with Crippen molar-refractivity contribution in [3.05, 3.63) is 23.8 Å². The number of carboxylic acid groups (broad SMARTS) is 1. The van der Waals surface area contributed by atoms with Crippen LogP contribution in [0.2, 0.25) is 0 Å². The van der Waals surface area contributed by atoms with Crippen molar-refractivity contribution in [2.24, 2.45) is 5.73 Å². The molecule has 6 nitrogen and oxygen atoms in total. The summed E-state index contributed by atoms with van der Waals surface area (Å²) in [5, 5.41) is 11.8. The highest BCUT2D eigenvalue weighted by molar-refractivity contribution is 5.94. The topological polar surface area (TPSA) is 102 Å². The van der Waals surface area contributed by atoms with Crippen molar-refractivity contribution in [1.82, 2.24) is 0 Å². The monoisotopic (exact) mass is 292 g/mol. The Hall–Kier alpha value is -2.08. The van der Waals surface area contributed by atoms with E-state index < -0.39 is 11.5 Å².